The monoisotopic (exact) mass is 323 g/mol. The summed E-state index contributed by atoms with van der Waals surface area (Å²) in [6, 6.07) is 8.79. The van der Waals surface area contributed by atoms with E-state index in [9.17, 15) is 12.8 Å². The molecule has 0 saturated carbocycles. The number of benzene rings is 2. The minimum Gasteiger partial charge on any atom is -0.454 e. The molecule has 0 radical (unpaired) electrons. The van der Waals surface area contributed by atoms with Gasteiger partial charge in [0.1, 0.15) is 5.82 Å². The number of sulfonamides is 1. The van der Waals surface area contributed by atoms with Gasteiger partial charge in [0.15, 0.2) is 11.5 Å². The molecule has 3 rings (SSSR count). The topological polar surface area (TPSA) is 64.6 Å². The highest BCUT2D eigenvalue weighted by Gasteiger charge is 2.18. The van der Waals surface area contributed by atoms with Crippen molar-refractivity contribution in [2.24, 2.45) is 0 Å². The molecule has 0 saturated heterocycles. The summed E-state index contributed by atoms with van der Waals surface area (Å²) < 4.78 is 50.6. The van der Waals surface area contributed by atoms with Gasteiger partial charge in [-0.3, -0.25) is 0 Å². The maximum atomic E-state index is 13.1. The smallest absolute Gasteiger partial charge is 0.241 e. The average molecular weight is 323 g/mol. The van der Waals surface area contributed by atoms with Crippen LogP contribution in [-0.2, 0) is 16.6 Å². The number of fused-ring (bicyclic) bond motifs is 1. The fourth-order valence-electron chi connectivity index (χ4n) is 2.22. The van der Waals surface area contributed by atoms with Crippen LogP contribution in [0.3, 0.4) is 0 Å². The average Bonchev–Trinajstić information content (AvgIpc) is 2.92. The molecule has 0 amide bonds. The van der Waals surface area contributed by atoms with Gasteiger partial charge < -0.3 is 9.47 Å². The van der Waals surface area contributed by atoms with Crippen LogP contribution < -0.4 is 14.2 Å². The lowest BCUT2D eigenvalue weighted by atomic mass is 10.2. The van der Waals surface area contributed by atoms with Crippen molar-refractivity contribution in [1.82, 2.24) is 4.72 Å². The van der Waals surface area contributed by atoms with Crippen LogP contribution in [-0.4, -0.2) is 15.2 Å². The minimum atomic E-state index is -3.71. The van der Waals surface area contributed by atoms with Gasteiger partial charge in [-0.2, -0.15) is 0 Å². The van der Waals surface area contributed by atoms with E-state index in [1.807, 2.05) is 0 Å². The van der Waals surface area contributed by atoms with Gasteiger partial charge in [0.05, 0.1) is 4.90 Å². The maximum Gasteiger partial charge on any atom is 0.241 e. The number of hydrogen-bond acceptors (Lipinski definition) is 4. The van der Waals surface area contributed by atoms with E-state index in [2.05, 4.69) is 4.72 Å². The zero-order valence-corrected chi connectivity index (χ0v) is 12.6. The molecule has 1 aliphatic heterocycles. The molecular formula is C15H14FNO4S. The van der Waals surface area contributed by atoms with Crippen LogP contribution in [0.4, 0.5) is 4.39 Å². The molecule has 0 aromatic heterocycles. The lowest BCUT2D eigenvalue weighted by Gasteiger charge is -2.10. The van der Waals surface area contributed by atoms with Crippen LogP contribution in [0.25, 0.3) is 0 Å². The molecular weight excluding hydrogens is 309 g/mol. The number of rotatable bonds is 4. The van der Waals surface area contributed by atoms with Crippen LogP contribution in [0, 0.1) is 12.7 Å². The van der Waals surface area contributed by atoms with Crippen LogP contribution in [0.15, 0.2) is 41.3 Å². The molecule has 1 heterocycles. The summed E-state index contributed by atoms with van der Waals surface area (Å²) in [6.07, 6.45) is 0. The Hall–Kier alpha value is -2.12. The first kappa shape index (κ1) is 14.8. The molecule has 0 aliphatic carbocycles. The number of hydrogen-bond donors (Lipinski definition) is 1. The molecule has 0 atom stereocenters. The van der Waals surface area contributed by atoms with Gasteiger partial charge in [0.25, 0.3) is 0 Å². The van der Waals surface area contributed by atoms with Gasteiger partial charge in [-0.15, -0.1) is 0 Å². The summed E-state index contributed by atoms with van der Waals surface area (Å²) >= 11 is 0. The Morgan fingerprint density at radius 2 is 1.91 bits per heavy atom. The zero-order chi connectivity index (χ0) is 15.7. The predicted molar refractivity (Wildman–Crippen MR) is 77.7 cm³/mol. The van der Waals surface area contributed by atoms with Crippen LogP contribution in [0.2, 0.25) is 0 Å². The zero-order valence-electron chi connectivity index (χ0n) is 11.8. The van der Waals surface area contributed by atoms with Crippen LogP contribution in [0.1, 0.15) is 11.1 Å². The van der Waals surface area contributed by atoms with Crippen molar-refractivity contribution in [3.05, 3.63) is 53.3 Å². The van der Waals surface area contributed by atoms with Crippen molar-refractivity contribution < 1.29 is 22.3 Å². The quantitative estimate of drug-likeness (QED) is 0.938. The Morgan fingerprint density at radius 3 is 2.68 bits per heavy atom. The molecule has 1 aliphatic rings. The van der Waals surface area contributed by atoms with E-state index < -0.39 is 15.8 Å². The van der Waals surface area contributed by atoms with E-state index in [4.69, 9.17) is 9.47 Å². The fraction of sp³-hybridized carbons (Fsp3) is 0.200. The summed E-state index contributed by atoms with van der Waals surface area (Å²) in [6.45, 7) is 1.83. The van der Waals surface area contributed by atoms with E-state index >= 15 is 0 Å². The third-order valence-corrected chi connectivity index (χ3v) is 4.89. The van der Waals surface area contributed by atoms with Crippen molar-refractivity contribution in [2.45, 2.75) is 18.4 Å². The molecule has 0 fully saturated rings. The number of halogens is 1. The van der Waals surface area contributed by atoms with Gasteiger partial charge >= 0.3 is 0 Å². The summed E-state index contributed by atoms with van der Waals surface area (Å²) in [4.78, 5) is 0.0645. The van der Waals surface area contributed by atoms with Crippen molar-refractivity contribution in [1.29, 1.82) is 0 Å². The largest absolute Gasteiger partial charge is 0.454 e. The third-order valence-electron chi connectivity index (χ3n) is 3.33. The van der Waals surface area contributed by atoms with E-state index in [1.54, 1.807) is 25.1 Å². The summed E-state index contributed by atoms with van der Waals surface area (Å²) in [5.41, 5.74) is 1.10. The molecule has 0 unspecified atom stereocenters. The van der Waals surface area contributed by atoms with E-state index in [0.29, 0.717) is 17.1 Å². The van der Waals surface area contributed by atoms with E-state index in [-0.39, 0.29) is 18.2 Å². The molecule has 116 valence electrons. The molecule has 22 heavy (non-hydrogen) atoms. The predicted octanol–water partition coefficient (Wildman–Crippen LogP) is 2.34. The molecule has 1 N–H and O–H groups in total. The van der Waals surface area contributed by atoms with Gasteiger partial charge in [-0.1, -0.05) is 6.07 Å². The first-order valence-corrected chi connectivity index (χ1v) is 8.08. The second-order valence-electron chi connectivity index (χ2n) is 4.92. The Balaban J connectivity index is 1.77. The molecule has 0 spiro atoms. The number of ether oxygens (including phenoxy) is 2. The van der Waals surface area contributed by atoms with Gasteiger partial charge in [-0.25, -0.2) is 17.5 Å². The van der Waals surface area contributed by atoms with Crippen molar-refractivity contribution in [3.8, 4) is 11.5 Å². The molecule has 0 bridgehead atoms. The first-order valence-electron chi connectivity index (χ1n) is 6.60. The maximum absolute atomic E-state index is 13.1. The minimum absolute atomic E-state index is 0.0645. The Labute approximate surface area is 127 Å². The fourth-order valence-corrected chi connectivity index (χ4v) is 3.46. The van der Waals surface area contributed by atoms with E-state index in [1.165, 1.54) is 12.1 Å². The van der Waals surface area contributed by atoms with Crippen LogP contribution >= 0.6 is 0 Å². The SMILES string of the molecule is Cc1cc(F)ccc1S(=O)(=O)NCc1ccc2c(c1)OCO2. The molecule has 5 nitrogen and oxygen atoms in total. The van der Waals surface area contributed by atoms with Crippen molar-refractivity contribution in [2.75, 3.05) is 6.79 Å². The third kappa shape index (κ3) is 2.90. The normalized spacial score (nSPS) is 13.4. The van der Waals surface area contributed by atoms with Gasteiger partial charge in [0.2, 0.25) is 16.8 Å². The Kier molecular flexibility index (Phi) is 3.76. The van der Waals surface area contributed by atoms with Crippen molar-refractivity contribution >= 4 is 10.0 Å². The Bertz CT molecular complexity index is 820. The highest BCUT2D eigenvalue weighted by atomic mass is 32.2. The lowest BCUT2D eigenvalue weighted by Crippen LogP contribution is -2.24. The van der Waals surface area contributed by atoms with Gasteiger partial charge in [0, 0.05) is 6.54 Å². The second kappa shape index (κ2) is 5.58. The summed E-state index contributed by atoms with van der Waals surface area (Å²) in [5.74, 6) is 0.767. The Morgan fingerprint density at radius 1 is 1.14 bits per heavy atom. The summed E-state index contributed by atoms with van der Waals surface area (Å²) in [7, 11) is -3.71. The highest BCUT2D eigenvalue weighted by Crippen LogP contribution is 2.32. The van der Waals surface area contributed by atoms with Crippen molar-refractivity contribution in [3.63, 3.8) is 0 Å². The van der Waals surface area contributed by atoms with E-state index in [0.717, 1.165) is 11.6 Å². The molecule has 7 heteroatoms. The summed E-state index contributed by atoms with van der Waals surface area (Å²) in [5, 5.41) is 0. The number of nitrogens with one attached hydrogen (secondary N) is 1. The highest BCUT2D eigenvalue weighted by molar-refractivity contribution is 7.89. The standard InChI is InChI=1S/C15H14FNO4S/c1-10-6-12(16)3-5-15(10)22(18,19)17-8-11-2-4-13-14(7-11)21-9-20-13/h2-7,17H,8-9H2,1H3. The number of aryl methyl sites for hydroxylation is 1. The van der Waals surface area contributed by atoms with Gasteiger partial charge in [-0.05, 0) is 48.4 Å². The van der Waals surface area contributed by atoms with Crippen LogP contribution in [0.5, 0.6) is 11.5 Å². The molecule has 2 aromatic carbocycles. The molecule has 2 aromatic rings. The lowest BCUT2D eigenvalue weighted by molar-refractivity contribution is 0.174. The first-order chi connectivity index (χ1) is 10.5. The second-order valence-corrected chi connectivity index (χ2v) is 6.66.